The van der Waals surface area contributed by atoms with Crippen LogP contribution >= 0.6 is 0 Å². The van der Waals surface area contributed by atoms with Crippen LogP contribution in [0.15, 0.2) is 11.6 Å². The van der Waals surface area contributed by atoms with Gasteiger partial charge in [0.05, 0.1) is 0 Å². The number of rotatable bonds is 6. The van der Waals surface area contributed by atoms with E-state index in [2.05, 4.69) is 26.8 Å². The second-order valence-corrected chi connectivity index (χ2v) is 3.77. The van der Waals surface area contributed by atoms with Crippen molar-refractivity contribution in [1.82, 2.24) is 0 Å². The lowest BCUT2D eigenvalue weighted by atomic mass is 9.99. The van der Waals surface area contributed by atoms with Crippen molar-refractivity contribution >= 4 is 6.47 Å². The average Bonchev–Trinajstić information content (AvgIpc) is 2.04. The Labute approximate surface area is 81.0 Å². The molecule has 2 heteroatoms. The minimum absolute atomic E-state index is 0.0306. The van der Waals surface area contributed by atoms with E-state index in [1.807, 2.05) is 6.92 Å². The Balaban J connectivity index is 3.66. The molecule has 13 heavy (non-hydrogen) atoms. The molecule has 0 aromatic carbocycles. The monoisotopic (exact) mass is 184 g/mol. The van der Waals surface area contributed by atoms with E-state index in [1.54, 1.807) is 0 Å². The third kappa shape index (κ3) is 6.38. The molecule has 0 spiro atoms. The van der Waals surface area contributed by atoms with Gasteiger partial charge in [0.1, 0.15) is 6.10 Å². The van der Waals surface area contributed by atoms with Gasteiger partial charge in [0.15, 0.2) is 0 Å². The van der Waals surface area contributed by atoms with E-state index in [-0.39, 0.29) is 6.10 Å². The molecule has 0 heterocycles. The lowest BCUT2D eigenvalue weighted by Crippen LogP contribution is -2.17. The van der Waals surface area contributed by atoms with Crippen molar-refractivity contribution in [2.24, 2.45) is 5.92 Å². The summed E-state index contributed by atoms with van der Waals surface area (Å²) in [6.07, 6.45) is 4.38. The smallest absolute Gasteiger partial charge is 0.293 e. The largest absolute Gasteiger partial charge is 0.465 e. The van der Waals surface area contributed by atoms with Crippen LogP contribution in [0.25, 0.3) is 0 Å². The van der Waals surface area contributed by atoms with E-state index < -0.39 is 0 Å². The number of allylic oxidation sites excluding steroid dienone is 2. The van der Waals surface area contributed by atoms with Crippen molar-refractivity contribution in [3.63, 3.8) is 0 Å². The third-order valence-corrected chi connectivity index (χ3v) is 2.25. The fourth-order valence-electron chi connectivity index (χ4n) is 1.09. The molecule has 0 bridgehead atoms. The highest BCUT2D eigenvalue weighted by Gasteiger charge is 2.11. The lowest BCUT2D eigenvalue weighted by Gasteiger charge is -2.17. The summed E-state index contributed by atoms with van der Waals surface area (Å²) < 4.78 is 4.86. The van der Waals surface area contributed by atoms with Crippen molar-refractivity contribution in [2.45, 2.75) is 46.6 Å². The highest BCUT2D eigenvalue weighted by Crippen LogP contribution is 2.13. The van der Waals surface area contributed by atoms with Crippen molar-refractivity contribution in [3.8, 4) is 0 Å². The summed E-state index contributed by atoms with van der Waals surface area (Å²) in [6.45, 7) is 8.75. The van der Waals surface area contributed by atoms with Crippen LogP contribution < -0.4 is 0 Å². The van der Waals surface area contributed by atoms with E-state index in [0.29, 0.717) is 12.4 Å². The first-order chi connectivity index (χ1) is 6.07. The van der Waals surface area contributed by atoms with Crippen LogP contribution in [0.4, 0.5) is 0 Å². The second-order valence-electron chi connectivity index (χ2n) is 3.77. The zero-order valence-electron chi connectivity index (χ0n) is 9.04. The van der Waals surface area contributed by atoms with E-state index in [4.69, 9.17) is 4.74 Å². The van der Waals surface area contributed by atoms with Gasteiger partial charge in [-0.15, -0.1) is 0 Å². The maximum atomic E-state index is 10.1. The van der Waals surface area contributed by atoms with E-state index in [9.17, 15) is 4.79 Å². The fourth-order valence-corrected chi connectivity index (χ4v) is 1.09. The average molecular weight is 184 g/mol. The maximum absolute atomic E-state index is 10.1. The Morgan fingerprint density at radius 3 is 2.46 bits per heavy atom. The van der Waals surface area contributed by atoms with Gasteiger partial charge in [0.2, 0.25) is 0 Å². The van der Waals surface area contributed by atoms with Crippen LogP contribution in [0.2, 0.25) is 0 Å². The standard InChI is InChI=1S/C11H20O2/c1-9(2)6-5-7-10(3)11(4)13-8-12/h6,8,10-11H,5,7H2,1-4H3. The summed E-state index contributed by atoms with van der Waals surface area (Å²) in [6, 6.07) is 0. The first-order valence-electron chi connectivity index (χ1n) is 4.80. The Kier molecular flexibility index (Phi) is 6.29. The van der Waals surface area contributed by atoms with Crippen molar-refractivity contribution in [3.05, 3.63) is 11.6 Å². The molecule has 0 radical (unpaired) electrons. The molecule has 0 aromatic rings. The molecule has 0 aliphatic carbocycles. The number of carbonyl (C=O) groups excluding carboxylic acids is 1. The summed E-state index contributed by atoms with van der Waals surface area (Å²) >= 11 is 0. The van der Waals surface area contributed by atoms with Crippen molar-refractivity contribution < 1.29 is 9.53 Å². The SMILES string of the molecule is CC(C)=CCCC(C)C(C)OC=O. The van der Waals surface area contributed by atoms with Crippen LogP contribution in [-0.2, 0) is 9.53 Å². The number of carbonyl (C=O) groups is 1. The molecule has 2 unspecified atom stereocenters. The quantitative estimate of drug-likeness (QED) is 0.468. The van der Waals surface area contributed by atoms with Crippen molar-refractivity contribution in [1.29, 1.82) is 0 Å². The Hall–Kier alpha value is -0.790. The summed E-state index contributed by atoms with van der Waals surface area (Å²) in [7, 11) is 0. The zero-order chi connectivity index (χ0) is 10.3. The minimum Gasteiger partial charge on any atom is -0.465 e. The maximum Gasteiger partial charge on any atom is 0.293 e. The molecule has 0 amide bonds. The molecule has 0 aromatic heterocycles. The Bertz CT molecular complexity index is 169. The Morgan fingerprint density at radius 2 is 2.00 bits per heavy atom. The summed E-state index contributed by atoms with van der Waals surface area (Å²) in [5.41, 5.74) is 1.34. The van der Waals surface area contributed by atoms with Gasteiger partial charge in [-0.05, 0) is 39.5 Å². The molecular formula is C11H20O2. The predicted octanol–water partition coefficient (Wildman–Crippen LogP) is 2.93. The molecule has 2 atom stereocenters. The van der Waals surface area contributed by atoms with Crippen LogP contribution in [-0.4, -0.2) is 12.6 Å². The van der Waals surface area contributed by atoms with Gasteiger partial charge in [-0.3, -0.25) is 4.79 Å². The molecule has 76 valence electrons. The molecule has 0 fully saturated rings. The first kappa shape index (κ1) is 12.2. The zero-order valence-corrected chi connectivity index (χ0v) is 9.04. The number of hydrogen-bond acceptors (Lipinski definition) is 2. The van der Waals surface area contributed by atoms with Gasteiger partial charge < -0.3 is 4.74 Å². The van der Waals surface area contributed by atoms with Gasteiger partial charge in [0.25, 0.3) is 6.47 Å². The molecule has 0 N–H and O–H groups in total. The van der Waals surface area contributed by atoms with Gasteiger partial charge >= 0.3 is 0 Å². The lowest BCUT2D eigenvalue weighted by molar-refractivity contribution is -0.134. The molecule has 0 saturated heterocycles. The van der Waals surface area contributed by atoms with Crippen molar-refractivity contribution in [2.75, 3.05) is 0 Å². The third-order valence-electron chi connectivity index (χ3n) is 2.25. The molecule has 0 aliphatic heterocycles. The summed E-state index contributed by atoms with van der Waals surface area (Å²) in [4.78, 5) is 10.1. The van der Waals surface area contributed by atoms with Gasteiger partial charge in [-0.1, -0.05) is 18.6 Å². The topological polar surface area (TPSA) is 26.3 Å². The summed E-state index contributed by atoms with van der Waals surface area (Å²) in [5.74, 6) is 0.431. The van der Waals surface area contributed by atoms with Gasteiger partial charge in [0, 0.05) is 0 Å². The number of hydrogen-bond donors (Lipinski definition) is 0. The molecular weight excluding hydrogens is 164 g/mol. The highest BCUT2D eigenvalue weighted by molar-refractivity contribution is 5.37. The Morgan fingerprint density at radius 1 is 1.38 bits per heavy atom. The van der Waals surface area contributed by atoms with Crippen LogP contribution in [0.5, 0.6) is 0 Å². The normalized spacial score (nSPS) is 14.5. The van der Waals surface area contributed by atoms with Crippen LogP contribution in [0.3, 0.4) is 0 Å². The van der Waals surface area contributed by atoms with E-state index >= 15 is 0 Å². The minimum atomic E-state index is 0.0306. The van der Waals surface area contributed by atoms with Gasteiger partial charge in [-0.2, -0.15) is 0 Å². The fraction of sp³-hybridized carbons (Fsp3) is 0.727. The second kappa shape index (κ2) is 6.70. The first-order valence-corrected chi connectivity index (χ1v) is 4.80. The highest BCUT2D eigenvalue weighted by atomic mass is 16.5. The molecule has 0 saturated carbocycles. The predicted molar refractivity (Wildman–Crippen MR) is 54.4 cm³/mol. The molecule has 2 nitrogen and oxygen atoms in total. The van der Waals surface area contributed by atoms with Crippen LogP contribution in [0, 0.1) is 5.92 Å². The van der Waals surface area contributed by atoms with E-state index in [1.165, 1.54) is 5.57 Å². The number of ether oxygens (including phenoxy) is 1. The van der Waals surface area contributed by atoms with Crippen LogP contribution in [0.1, 0.15) is 40.5 Å². The summed E-state index contributed by atoms with van der Waals surface area (Å²) in [5, 5.41) is 0. The molecule has 0 rings (SSSR count). The molecule has 0 aliphatic rings. The van der Waals surface area contributed by atoms with E-state index in [0.717, 1.165) is 12.8 Å². The van der Waals surface area contributed by atoms with Gasteiger partial charge in [-0.25, -0.2) is 0 Å².